The number of carbonyl (C=O) groups is 2. The van der Waals surface area contributed by atoms with Crippen molar-refractivity contribution in [2.75, 3.05) is 24.6 Å². The average Bonchev–Trinajstić information content (AvgIpc) is 2.66. The third-order valence-corrected chi connectivity index (χ3v) is 4.63. The first-order valence-corrected chi connectivity index (χ1v) is 9.30. The largest absolute Gasteiger partial charge is 0.481 e. The molecule has 1 aliphatic heterocycles. The minimum absolute atomic E-state index is 0.0374. The van der Waals surface area contributed by atoms with E-state index in [-0.39, 0.29) is 18.2 Å². The van der Waals surface area contributed by atoms with Crippen LogP contribution in [-0.2, 0) is 16.0 Å². The molecule has 0 aromatic heterocycles. The summed E-state index contributed by atoms with van der Waals surface area (Å²) in [6.45, 7) is 0.509. The first-order chi connectivity index (χ1) is 13.0. The highest BCUT2D eigenvalue weighted by Crippen LogP contribution is 2.26. The number of nitrogens with zero attached hydrogens (tertiary/aromatic N) is 1. The molecule has 2 amide bonds. The number of ether oxygens (including phenoxy) is 1. The van der Waals surface area contributed by atoms with Crippen molar-refractivity contribution in [3.63, 3.8) is 0 Å². The number of para-hydroxylation sites is 1. The summed E-state index contributed by atoms with van der Waals surface area (Å²) in [6, 6.07) is 12.2. The average molecular weight is 436 g/mol. The van der Waals surface area contributed by atoms with E-state index in [0.29, 0.717) is 4.47 Å². The van der Waals surface area contributed by atoms with Gasteiger partial charge >= 0.3 is 0 Å². The number of hydrogen-bond donors (Lipinski definition) is 2. The molecule has 1 heterocycles. The number of nitrogens with one attached hydrogen (secondary N) is 2. The molecule has 0 aliphatic carbocycles. The van der Waals surface area contributed by atoms with Crippen molar-refractivity contribution in [2.45, 2.75) is 12.8 Å². The lowest BCUT2D eigenvalue weighted by molar-refractivity contribution is -0.129. The van der Waals surface area contributed by atoms with Gasteiger partial charge in [0, 0.05) is 16.7 Å². The van der Waals surface area contributed by atoms with E-state index < -0.39 is 18.3 Å². The van der Waals surface area contributed by atoms with Crippen molar-refractivity contribution in [1.82, 2.24) is 10.9 Å². The van der Waals surface area contributed by atoms with Crippen LogP contribution in [0.1, 0.15) is 12.0 Å². The summed E-state index contributed by atoms with van der Waals surface area (Å²) in [6.07, 6.45) is 1.97. The lowest BCUT2D eigenvalue weighted by atomic mass is 10.0. The normalized spacial score (nSPS) is 12.9. The number of amides is 2. The zero-order chi connectivity index (χ0) is 19.2. The molecule has 27 heavy (non-hydrogen) atoms. The molecule has 0 radical (unpaired) electrons. The summed E-state index contributed by atoms with van der Waals surface area (Å²) in [5, 5.41) is 0. The van der Waals surface area contributed by atoms with Crippen molar-refractivity contribution in [3.8, 4) is 5.75 Å². The molecular formula is C19H19BrFN3O3. The molecule has 0 saturated carbocycles. The molecule has 3 rings (SSSR count). The van der Waals surface area contributed by atoms with E-state index >= 15 is 0 Å². The Balaban J connectivity index is 1.45. The molecule has 0 spiro atoms. The number of halogens is 2. The maximum Gasteiger partial charge on any atom is 0.276 e. The van der Waals surface area contributed by atoms with Gasteiger partial charge in [-0.25, -0.2) is 4.39 Å². The summed E-state index contributed by atoms with van der Waals surface area (Å²) in [5.74, 6) is -1.53. The van der Waals surface area contributed by atoms with Crippen LogP contribution in [0, 0.1) is 5.82 Å². The van der Waals surface area contributed by atoms with Crippen LogP contribution in [0.3, 0.4) is 0 Å². The maximum atomic E-state index is 13.6. The number of aryl methyl sites for hydroxylation is 1. The molecule has 2 aromatic rings. The fraction of sp³-hybridized carbons (Fsp3) is 0.263. The lowest BCUT2D eigenvalue weighted by Gasteiger charge is -2.30. The number of benzene rings is 2. The van der Waals surface area contributed by atoms with E-state index in [9.17, 15) is 14.0 Å². The highest BCUT2D eigenvalue weighted by atomic mass is 79.9. The van der Waals surface area contributed by atoms with Gasteiger partial charge in [0.15, 0.2) is 18.2 Å². The van der Waals surface area contributed by atoms with Crippen LogP contribution >= 0.6 is 15.9 Å². The predicted octanol–water partition coefficient (Wildman–Crippen LogP) is 2.57. The molecule has 0 fully saturated rings. The minimum Gasteiger partial charge on any atom is -0.481 e. The summed E-state index contributed by atoms with van der Waals surface area (Å²) in [7, 11) is 0. The molecule has 0 unspecified atom stereocenters. The molecule has 8 heteroatoms. The lowest BCUT2D eigenvalue weighted by Crippen LogP contribution is -2.48. The first kappa shape index (κ1) is 19.2. The number of fused-ring (bicyclic) bond motifs is 1. The Morgan fingerprint density at radius 1 is 1.15 bits per heavy atom. The molecule has 0 saturated heterocycles. The third-order valence-electron chi connectivity index (χ3n) is 4.13. The second-order valence-electron chi connectivity index (χ2n) is 6.11. The van der Waals surface area contributed by atoms with Gasteiger partial charge in [-0.15, -0.1) is 0 Å². The summed E-state index contributed by atoms with van der Waals surface area (Å²) < 4.78 is 19.3. The van der Waals surface area contributed by atoms with Crippen molar-refractivity contribution < 1.29 is 18.7 Å². The van der Waals surface area contributed by atoms with Gasteiger partial charge in [0.05, 0.1) is 6.54 Å². The fourth-order valence-corrected chi connectivity index (χ4v) is 3.23. The Hall–Kier alpha value is -2.61. The van der Waals surface area contributed by atoms with Gasteiger partial charge in [-0.3, -0.25) is 20.4 Å². The Kier molecular flexibility index (Phi) is 6.28. The Morgan fingerprint density at radius 2 is 1.93 bits per heavy atom. The van der Waals surface area contributed by atoms with E-state index in [1.54, 1.807) is 6.07 Å². The zero-order valence-electron chi connectivity index (χ0n) is 14.5. The summed E-state index contributed by atoms with van der Waals surface area (Å²) in [5.41, 5.74) is 6.89. The SMILES string of the molecule is O=C(COc1ccc(Br)cc1F)NNC(=O)CN1CCCc2ccccc21. The van der Waals surface area contributed by atoms with Gasteiger partial charge in [-0.05, 0) is 42.7 Å². The Labute approximate surface area is 164 Å². The number of carbonyl (C=O) groups excluding carboxylic acids is 2. The highest BCUT2D eigenvalue weighted by Gasteiger charge is 2.18. The Bertz CT molecular complexity index is 847. The molecule has 1 aliphatic rings. The predicted molar refractivity (Wildman–Crippen MR) is 103 cm³/mol. The van der Waals surface area contributed by atoms with E-state index in [1.165, 1.54) is 17.7 Å². The molecular weight excluding hydrogens is 417 g/mol. The van der Waals surface area contributed by atoms with Crippen molar-refractivity contribution >= 4 is 33.4 Å². The molecule has 2 aromatic carbocycles. The number of anilines is 1. The van der Waals surface area contributed by atoms with Gasteiger partial charge < -0.3 is 9.64 Å². The van der Waals surface area contributed by atoms with Gasteiger partial charge in [0.2, 0.25) is 0 Å². The van der Waals surface area contributed by atoms with Crippen LogP contribution in [0.15, 0.2) is 46.9 Å². The quantitative estimate of drug-likeness (QED) is 0.708. The van der Waals surface area contributed by atoms with Crippen LogP contribution in [-0.4, -0.2) is 31.5 Å². The number of hydrogen-bond acceptors (Lipinski definition) is 4. The standard InChI is InChI=1S/C19H19BrFN3O3/c20-14-7-8-17(15(21)10-14)27-12-19(26)23-22-18(25)11-24-9-3-5-13-4-1-2-6-16(13)24/h1-2,4,6-8,10H,3,5,9,11-12H2,(H,22,25)(H,23,26). The fourth-order valence-electron chi connectivity index (χ4n) is 2.90. The van der Waals surface area contributed by atoms with Crippen molar-refractivity contribution in [2.24, 2.45) is 0 Å². The molecule has 6 nitrogen and oxygen atoms in total. The molecule has 0 atom stereocenters. The van der Waals surface area contributed by atoms with E-state index in [1.807, 2.05) is 23.1 Å². The monoisotopic (exact) mass is 435 g/mol. The van der Waals surface area contributed by atoms with E-state index in [4.69, 9.17) is 4.74 Å². The van der Waals surface area contributed by atoms with Crippen LogP contribution < -0.4 is 20.5 Å². The Morgan fingerprint density at radius 3 is 2.74 bits per heavy atom. The highest BCUT2D eigenvalue weighted by molar-refractivity contribution is 9.10. The maximum absolute atomic E-state index is 13.6. The van der Waals surface area contributed by atoms with Crippen molar-refractivity contribution in [3.05, 3.63) is 58.3 Å². The zero-order valence-corrected chi connectivity index (χ0v) is 16.1. The van der Waals surface area contributed by atoms with Gasteiger partial charge in [0.1, 0.15) is 0 Å². The van der Waals surface area contributed by atoms with Gasteiger partial charge in [-0.1, -0.05) is 34.1 Å². The summed E-state index contributed by atoms with van der Waals surface area (Å²) in [4.78, 5) is 25.9. The van der Waals surface area contributed by atoms with Crippen LogP contribution in [0.4, 0.5) is 10.1 Å². The topological polar surface area (TPSA) is 70.7 Å². The van der Waals surface area contributed by atoms with Crippen molar-refractivity contribution in [1.29, 1.82) is 0 Å². The number of rotatable bonds is 5. The second kappa shape index (κ2) is 8.85. The van der Waals surface area contributed by atoms with Gasteiger partial charge in [0.25, 0.3) is 11.8 Å². The van der Waals surface area contributed by atoms with Crippen LogP contribution in [0.25, 0.3) is 0 Å². The second-order valence-corrected chi connectivity index (χ2v) is 7.03. The van der Waals surface area contributed by atoms with E-state index in [2.05, 4.69) is 32.8 Å². The summed E-state index contributed by atoms with van der Waals surface area (Å²) >= 11 is 3.14. The molecule has 0 bridgehead atoms. The molecule has 2 N–H and O–H groups in total. The first-order valence-electron chi connectivity index (χ1n) is 8.51. The van der Waals surface area contributed by atoms with Crippen LogP contribution in [0.5, 0.6) is 5.75 Å². The smallest absolute Gasteiger partial charge is 0.276 e. The van der Waals surface area contributed by atoms with Gasteiger partial charge in [-0.2, -0.15) is 0 Å². The van der Waals surface area contributed by atoms with Crippen LogP contribution in [0.2, 0.25) is 0 Å². The van der Waals surface area contributed by atoms with E-state index in [0.717, 1.165) is 25.1 Å². The molecule has 142 valence electrons. The minimum atomic E-state index is -0.579. The third kappa shape index (κ3) is 5.19. The number of hydrazine groups is 1.